The van der Waals surface area contributed by atoms with E-state index in [2.05, 4.69) is 0 Å². The molecule has 0 saturated carbocycles. The van der Waals surface area contributed by atoms with Gasteiger partial charge < -0.3 is 15.4 Å². The highest BCUT2D eigenvalue weighted by Gasteiger charge is 2.27. The molecule has 4 heteroatoms. The lowest BCUT2D eigenvalue weighted by Gasteiger charge is -2.28. The molecule has 4 nitrogen and oxygen atoms in total. The molecule has 3 unspecified atom stereocenters. The van der Waals surface area contributed by atoms with Gasteiger partial charge in [0.1, 0.15) is 0 Å². The number of nitrogens with zero attached hydrogens (tertiary/aromatic N) is 1. The summed E-state index contributed by atoms with van der Waals surface area (Å²) < 4.78 is 5.65. The number of hydrogen-bond acceptors (Lipinski definition) is 3. The zero-order chi connectivity index (χ0) is 12.3. The zero-order valence-electron chi connectivity index (χ0n) is 10.5. The molecule has 1 heterocycles. The third-order valence-electron chi connectivity index (χ3n) is 3.56. The van der Waals surface area contributed by atoms with Crippen LogP contribution in [0.2, 0.25) is 0 Å². The van der Waals surface area contributed by atoms with E-state index in [1.54, 1.807) is 4.90 Å². The molecule has 0 radical (unpaired) electrons. The SMILES string of the molecule is CN(CC1CCCCO1)C(=O)C1C=CC(N)C1. The van der Waals surface area contributed by atoms with E-state index in [1.165, 1.54) is 6.42 Å². The molecule has 0 aromatic heterocycles. The van der Waals surface area contributed by atoms with Gasteiger partial charge in [0.05, 0.1) is 12.0 Å². The predicted octanol–water partition coefficient (Wildman–Crippen LogP) is 0.917. The maximum absolute atomic E-state index is 12.1. The molecule has 1 fully saturated rings. The van der Waals surface area contributed by atoms with Crippen molar-refractivity contribution in [1.29, 1.82) is 0 Å². The molecule has 0 aromatic carbocycles. The Morgan fingerprint density at radius 3 is 2.88 bits per heavy atom. The maximum Gasteiger partial charge on any atom is 0.229 e. The van der Waals surface area contributed by atoms with Gasteiger partial charge in [0.2, 0.25) is 5.91 Å². The molecule has 0 spiro atoms. The van der Waals surface area contributed by atoms with E-state index in [1.807, 2.05) is 19.2 Å². The Labute approximate surface area is 103 Å². The van der Waals surface area contributed by atoms with Gasteiger partial charge in [0, 0.05) is 26.2 Å². The van der Waals surface area contributed by atoms with Crippen LogP contribution in [0.3, 0.4) is 0 Å². The van der Waals surface area contributed by atoms with Crippen molar-refractivity contribution in [2.75, 3.05) is 20.2 Å². The smallest absolute Gasteiger partial charge is 0.229 e. The lowest BCUT2D eigenvalue weighted by Crippen LogP contribution is -2.39. The fraction of sp³-hybridized carbons (Fsp3) is 0.769. The van der Waals surface area contributed by atoms with Gasteiger partial charge in [-0.25, -0.2) is 0 Å². The van der Waals surface area contributed by atoms with Gasteiger partial charge in [-0.05, 0) is 25.7 Å². The molecule has 3 atom stereocenters. The first-order valence-corrected chi connectivity index (χ1v) is 6.47. The van der Waals surface area contributed by atoms with Crippen molar-refractivity contribution in [3.05, 3.63) is 12.2 Å². The lowest BCUT2D eigenvalue weighted by molar-refractivity contribution is -0.135. The minimum Gasteiger partial charge on any atom is -0.376 e. The molecule has 1 aliphatic heterocycles. The van der Waals surface area contributed by atoms with E-state index in [-0.39, 0.29) is 24.0 Å². The quantitative estimate of drug-likeness (QED) is 0.744. The molecule has 2 aliphatic rings. The van der Waals surface area contributed by atoms with Gasteiger partial charge in [-0.1, -0.05) is 12.2 Å². The molecule has 96 valence electrons. The Morgan fingerprint density at radius 1 is 1.47 bits per heavy atom. The molecule has 0 aromatic rings. The van der Waals surface area contributed by atoms with Gasteiger partial charge in [0.15, 0.2) is 0 Å². The first-order chi connectivity index (χ1) is 8.16. The normalized spacial score (nSPS) is 32.7. The van der Waals surface area contributed by atoms with Crippen LogP contribution < -0.4 is 5.73 Å². The summed E-state index contributed by atoms with van der Waals surface area (Å²) in [6.45, 7) is 1.54. The fourth-order valence-electron chi connectivity index (χ4n) is 2.54. The van der Waals surface area contributed by atoms with Crippen molar-refractivity contribution in [1.82, 2.24) is 4.90 Å². The average Bonchev–Trinajstić information content (AvgIpc) is 2.76. The average molecular weight is 238 g/mol. The molecule has 1 aliphatic carbocycles. The predicted molar refractivity (Wildman–Crippen MR) is 66.5 cm³/mol. The highest BCUT2D eigenvalue weighted by molar-refractivity contribution is 5.81. The number of ether oxygens (including phenoxy) is 1. The number of carbonyl (C=O) groups is 1. The molecule has 1 amide bonds. The van der Waals surface area contributed by atoms with Gasteiger partial charge in [-0.2, -0.15) is 0 Å². The first kappa shape index (κ1) is 12.6. The molecule has 2 rings (SSSR count). The topological polar surface area (TPSA) is 55.6 Å². The van der Waals surface area contributed by atoms with Crippen LogP contribution in [-0.2, 0) is 9.53 Å². The third kappa shape index (κ3) is 3.30. The Bertz CT molecular complexity index is 298. The van der Waals surface area contributed by atoms with Gasteiger partial charge >= 0.3 is 0 Å². The Morgan fingerprint density at radius 2 is 2.29 bits per heavy atom. The van der Waals surface area contributed by atoms with E-state index in [9.17, 15) is 4.79 Å². The second-order valence-corrected chi connectivity index (χ2v) is 5.10. The van der Waals surface area contributed by atoms with Crippen LogP contribution in [0.15, 0.2) is 12.2 Å². The number of likely N-dealkylation sites (N-methyl/N-ethyl adjacent to an activating group) is 1. The molecule has 17 heavy (non-hydrogen) atoms. The zero-order valence-corrected chi connectivity index (χ0v) is 10.5. The molecule has 0 bridgehead atoms. The van der Waals surface area contributed by atoms with Crippen molar-refractivity contribution in [2.45, 2.75) is 37.8 Å². The van der Waals surface area contributed by atoms with Crippen LogP contribution in [0, 0.1) is 5.92 Å². The van der Waals surface area contributed by atoms with Crippen molar-refractivity contribution < 1.29 is 9.53 Å². The highest BCUT2D eigenvalue weighted by atomic mass is 16.5. The second-order valence-electron chi connectivity index (χ2n) is 5.10. The van der Waals surface area contributed by atoms with Crippen LogP contribution in [0.25, 0.3) is 0 Å². The molecule has 2 N–H and O–H groups in total. The summed E-state index contributed by atoms with van der Waals surface area (Å²) in [5.41, 5.74) is 5.77. The van der Waals surface area contributed by atoms with Crippen LogP contribution in [-0.4, -0.2) is 43.2 Å². The largest absolute Gasteiger partial charge is 0.376 e. The van der Waals surface area contributed by atoms with Crippen LogP contribution in [0.1, 0.15) is 25.7 Å². The Hall–Kier alpha value is -0.870. The minimum atomic E-state index is -0.0291. The van der Waals surface area contributed by atoms with Gasteiger partial charge in [-0.3, -0.25) is 4.79 Å². The van der Waals surface area contributed by atoms with Crippen molar-refractivity contribution in [3.8, 4) is 0 Å². The van der Waals surface area contributed by atoms with Crippen LogP contribution in [0.5, 0.6) is 0 Å². The second kappa shape index (κ2) is 5.65. The third-order valence-corrected chi connectivity index (χ3v) is 3.56. The van der Waals surface area contributed by atoms with Crippen molar-refractivity contribution in [3.63, 3.8) is 0 Å². The summed E-state index contributed by atoms with van der Waals surface area (Å²) in [5, 5.41) is 0. The number of hydrogen-bond donors (Lipinski definition) is 1. The number of carbonyl (C=O) groups excluding carboxylic acids is 1. The summed E-state index contributed by atoms with van der Waals surface area (Å²) in [5.74, 6) is 0.141. The monoisotopic (exact) mass is 238 g/mol. The van der Waals surface area contributed by atoms with E-state index in [0.29, 0.717) is 6.54 Å². The van der Waals surface area contributed by atoms with E-state index >= 15 is 0 Å². The summed E-state index contributed by atoms with van der Waals surface area (Å²) in [6.07, 6.45) is 8.25. The molecule has 1 saturated heterocycles. The van der Waals surface area contributed by atoms with Gasteiger partial charge in [0.25, 0.3) is 0 Å². The molecular weight excluding hydrogens is 216 g/mol. The van der Waals surface area contributed by atoms with E-state index in [0.717, 1.165) is 25.9 Å². The highest BCUT2D eigenvalue weighted by Crippen LogP contribution is 2.20. The number of nitrogens with two attached hydrogens (primary N) is 1. The fourth-order valence-corrected chi connectivity index (χ4v) is 2.54. The van der Waals surface area contributed by atoms with Gasteiger partial charge in [-0.15, -0.1) is 0 Å². The van der Waals surface area contributed by atoms with Crippen LogP contribution in [0.4, 0.5) is 0 Å². The standard InChI is InChI=1S/C13H22N2O2/c1-15(9-12-4-2-3-7-17-12)13(16)10-5-6-11(14)8-10/h5-6,10-12H,2-4,7-9,14H2,1H3. The Kier molecular flexibility index (Phi) is 4.18. The number of rotatable bonds is 3. The summed E-state index contributed by atoms with van der Waals surface area (Å²) in [4.78, 5) is 13.9. The van der Waals surface area contributed by atoms with Crippen LogP contribution >= 0.6 is 0 Å². The number of amides is 1. The van der Waals surface area contributed by atoms with E-state index in [4.69, 9.17) is 10.5 Å². The maximum atomic E-state index is 12.1. The lowest BCUT2D eigenvalue weighted by atomic mass is 10.1. The summed E-state index contributed by atoms with van der Waals surface area (Å²) in [6, 6.07) is 0.0447. The first-order valence-electron chi connectivity index (χ1n) is 6.47. The summed E-state index contributed by atoms with van der Waals surface area (Å²) >= 11 is 0. The van der Waals surface area contributed by atoms with Crippen molar-refractivity contribution >= 4 is 5.91 Å². The van der Waals surface area contributed by atoms with E-state index < -0.39 is 0 Å². The molecular formula is C13H22N2O2. The summed E-state index contributed by atoms with van der Waals surface area (Å²) in [7, 11) is 1.86. The van der Waals surface area contributed by atoms with Crippen molar-refractivity contribution in [2.24, 2.45) is 11.7 Å². The Balaban J connectivity index is 1.80. The minimum absolute atomic E-state index is 0.0291.